The number of amides is 1. The van der Waals surface area contributed by atoms with Crippen molar-refractivity contribution in [2.45, 2.75) is 31.5 Å². The van der Waals surface area contributed by atoms with Crippen molar-refractivity contribution in [3.05, 3.63) is 82.2 Å². The molecule has 0 fully saturated rings. The highest BCUT2D eigenvalue weighted by Crippen LogP contribution is 2.38. The molecule has 1 aliphatic carbocycles. The van der Waals surface area contributed by atoms with Gasteiger partial charge in [0.05, 0.1) is 41.0 Å². The molecule has 11 heteroatoms. The van der Waals surface area contributed by atoms with Gasteiger partial charge in [0, 0.05) is 0 Å². The number of benzene rings is 2. The molecule has 178 valence electrons. The van der Waals surface area contributed by atoms with Crippen molar-refractivity contribution in [2.24, 2.45) is 5.73 Å². The summed E-state index contributed by atoms with van der Waals surface area (Å²) in [5.74, 6) is -0.404. The summed E-state index contributed by atoms with van der Waals surface area (Å²) in [5.41, 5.74) is 9.06. The van der Waals surface area contributed by atoms with Crippen LogP contribution in [0.1, 0.15) is 41.7 Å². The summed E-state index contributed by atoms with van der Waals surface area (Å²) in [6, 6.07) is 14.3. The SMILES string of the molecule is N#Cc1ccc2ncn(-c3ncc4c(n3)n(C3CCC(O)c5ccccc53)c(=O)n4CC(N)=O)c2c1. The zero-order chi connectivity index (χ0) is 25.0. The molecule has 1 aliphatic rings. The lowest BCUT2D eigenvalue weighted by atomic mass is 9.85. The van der Waals surface area contributed by atoms with Crippen molar-refractivity contribution in [3.63, 3.8) is 0 Å². The number of carbonyl (C=O) groups excluding carboxylic acids is 1. The van der Waals surface area contributed by atoms with Crippen LogP contribution in [0.15, 0.2) is 59.8 Å². The second-order valence-electron chi connectivity index (χ2n) is 8.75. The number of nitriles is 1. The van der Waals surface area contributed by atoms with Gasteiger partial charge in [-0.1, -0.05) is 24.3 Å². The molecule has 2 atom stereocenters. The van der Waals surface area contributed by atoms with Crippen molar-refractivity contribution >= 4 is 28.1 Å². The van der Waals surface area contributed by atoms with Gasteiger partial charge in [0.25, 0.3) is 0 Å². The van der Waals surface area contributed by atoms with Crippen molar-refractivity contribution in [1.29, 1.82) is 5.26 Å². The maximum Gasteiger partial charge on any atom is 0.331 e. The monoisotopic (exact) mass is 480 g/mol. The Kier molecular flexibility index (Phi) is 4.91. The molecule has 3 aromatic heterocycles. The second-order valence-corrected chi connectivity index (χ2v) is 8.75. The Balaban J connectivity index is 1.61. The van der Waals surface area contributed by atoms with Crippen LogP contribution in [0.2, 0.25) is 0 Å². The number of carbonyl (C=O) groups is 1. The van der Waals surface area contributed by atoms with Gasteiger partial charge in [0.2, 0.25) is 11.9 Å². The first-order chi connectivity index (χ1) is 17.5. The van der Waals surface area contributed by atoms with E-state index in [9.17, 15) is 20.0 Å². The quantitative estimate of drug-likeness (QED) is 0.396. The molecule has 3 heterocycles. The molecule has 36 heavy (non-hydrogen) atoms. The fourth-order valence-corrected chi connectivity index (χ4v) is 5.00. The third-order valence-electron chi connectivity index (χ3n) is 6.64. The third kappa shape index (κ3) is 3.27. The third-order valence-corrected chi connectivity index (χ3v) is 6.64. The van der Waals surface area contributed by atoms with E-state index in [0.717, 1.165) is 11.1 Å². The van der Waals surface area contributed by atoms with Crippen molar-refractivity contribution in [1.82, 2.24) is 28.7 Å². The number of nitrogens with two attached hydrogens (primary N) is 1. The van der Waals surface area contributed by atoms with Crippen LogP contribution in [0, 0.1) is 11.3 Å². The molecule has 0 spiro atoms. The number of imidazole rings is 2. The summed E-state index contributed by atoms with van der Waals surface area (Å²) in [6.45, 7) is -0.318. The molecular formula is C25H20N8O3. The van der Waals surface area contributed by atoms with Crippen LogP contribution in [0.5, 0.6) is 0 Å². The van der Waals surface area contributed by atoms with Gasteiger partial charge in [-0.2, -0.15) is 10.2 Å². The van der Waals surface area contributed by atoms with Gasteiger partial charge in [0.15, 0.2) is 5.65 Å². The molecule has 0 bridgehead atoms. The molecule has 2 unspecified atom stereocenters. The Morgan fingerprint density at radius 3 is 2.72 bits per heavy atom. The average Bonchev–Trinajstić information content (AvgIpc) is 3.42. The summed E-state index contributed by atoms with van der Waals surface area (Å²) in [7, 11) is 0. The first kappa shape index (κ1) is 21.7. The Labute approximate surface area is 203 Å². The maximum atomic E-state index is 13.6. The number of hydrogen-bond acceptors (Lipinski definition) is 7. The van der Waals surface area contributed by atoms with E-state index in [0.29, 0.717) is 40.6 Å². The van der Waals surface area contributed by atoms with Crippen molar-refractivity contribution in [2.75, 3.05) is 0 Å². The van der Waals surface area contributed by atoms with Crippen molar-refractivity contribution in [3.8, 4) is 12.0 Å². The fraction of sp³-hybridized carbons (Fsp3) is 0.200. The molecule has 0 saturated heterocycles. The van der Waals surface area contributed by atoms with E-state index in [1.165, 1.54) is 10.8 Å². The number of rotatable bonds is 4. The van der Waals surface area contributed by atoms with E-state index in [1.807, 2.05) is 24.3 Å². The summed E-state index contributed by atoms with van der Waals surface area (Å²) >= 11 is 0. The smallest absolute Gasteiger partial charge is 0.331 e. The van der Waals surface area contributed by atoms with Crippen LogP contribution >= 0.6 is 0 Å². The minimum absolute atomic E-state index is 0.259. The first-order valence-electron chi connectivity index (χ1n) is 11.4. The first-order valence-corrected chi connectivity index (χ1v) is 11.4. The molecule has 1 amide bonds. The Morgan fingerprint density at radius 2 is 1.94 bits per heavy atom. The van der Waals surface area contributed by atoms with Gasteiger partial charge < -0.3 is 10.8 Å². The van der Waals surface area contributed by atoms with Gasteiger partial charge in [-0.15, -0.1) is 0 Å². The minimum atomic E-state index is -0.663. The van der Waals surface area contributed by atoms with Crippen LogP contribution < -0.4 is 11.4 Å². The molecule has 0 aliphatic heterocycles. The fourth-order valence-electron chi connectivity index (χ4n) is 5.00. The number of primary amides is 1. The summed E-state index contributed by atoms with van der Waals surface area (Å²) < 4.78 is 4.47. The Bertz CT molecular complexity index is 1770. The lowest BCUT2D eigenvalue weighted by molar-refractivity contribution is -0.118. The highest BCUT2D eigenvalue weighted by molar-refractivity contribution is 5.80. The number of aromatic nitrogens is 6. The number of aliphatic hydroxyl groups is 1. The number of fused-ring (bicyclic) bond motifs is 3. The average molecular weight is 480 g/mol. The van der Waals surface area contributed by atoms with Gasteiger partial charge >= 0.3 is 5.69 Å². The van der Waals surface area contributed by atoms with E-state index in [-0.39, 0.29) is 12.5 Å². The van der Waals surface area contributed by atoms with Gasteiger partial charge in [-0.25, -0.2) is 14.8 Å². The highest BCUT2D eigenvalue weighted by Gasteiger charge is 2.31. The summed E-state index contributed by atoms with van der Waals surface area (Å²) in [6.07, 6.45) is 3.40. The number of hydrogen-bond donors (Lipinski definition) is 2. The zero-order valence-electron chi connectivity index (χ0n) is 18.9. The molecule has 11 nitrogen and oxygen atoms in total. The predicted octanol–water partition coefficient (Wildman–Crippen LogP) is 1.71. The molecule has 6 rings (SSSR count). The normalized spacial score (nSPS) is 17.2. The summed E-state index contributed by atoms with van der Waals surface area (Å²) in [5, 5.41) is 19.8. The van der Waals surface area contributed by atoms with E-state index in [4.69, 9.17) is 10.7 Å². The largest absolute Gasteiger partial charge is 0.388 e. The molecule has 5 aromatic rings. The van der Waals surface area contributed by atoms with Crippen LogP contribution in [0.3, 0.4) is 0 Å². The minimum Gasteiger partial charge on any atom is -0.388 e. The topological polar surface area (TPSA) is 158 Å². The van der Waals surface area contributed by atoms with E-state index >= 15 is 0 Å². The number of nitrogens with zero attached hydrogens (tertiary/aromatic N) is 7. The van der Waals surface area contributed by atoms with Crippen LogP contribution in [-0.2, 0) is 11.3 Å². The second kappa shape index (κ2) is 8.14. The zero-order valence-corrected chi connectivity index (χ0v) is 18.9. The Morgan fingerprint density at radius 1 is 1.14 bits per heavy atom. The van der Waals surface area contributed by atoms with Crippen LogP contribution in [0.4, 0.5) is 0 Å². The molecule has 0 saturated carbocycles. The van der Waals surface area contributed by atoms with E-state index < -0.39 is 23.7 Å². The van der Waals surface area contributed by atoms with Crippen LogP contribution in [-0.4, -0.2) is 39.7 Å². The lowest BCUT2D eigenvalue weighted by Crippen LogP contribution is -2.33. The molecular weight excluding hydrogens is 460 g/mol. The lowest BCUT2D eigenvalue weighted by Gasteiger charge is -2.29. The predicted molar refractivity (Wildman–Crippen MR) is 129 cm³/mol. The molecule has 2 aromatic carbocycles. The van der Waals surface area contributed by atoms with Gasteiger partial charge in [-0.3, -0.25) is 18.5 Å². The van der Waals surface area contributed by atoms with Gasteiger partial charge in [-0.05, 0) is 42.2 Å². The van der Waals surface area contributed by atoms with E-state index in [2.05, 4.69) is 16.0 Å². The highest BCUT2D eigenvalue weighted by atomic mass is 16.3. The maximum absolute atomic E-state index is 13.6. The van der Waals surface area contributed by atoms with Crippen molar-refractivity contribution < 1.29 is 9.90 Å². The molecule has 0 radical (unpaired) electrons. The standard InChI is InChI=1S/C25H20N8O3/c26-10-14-5-6-17-19(9-14)32(13-29-17)24-28-11-20-23(30-24)33(25(36)31(20)12-22(27)35)18-7-8-21(34)16-4-2-1-3-15(16)18/h1-6,9,11,13,18,21,34H,7-8,12H2,(H2,27,35). The van der Waals surface area contributed by atoms with E-state index in [1.54, 1.807) is 33.7 Å². The van der Waals surface area contributed by atoms with Crippen LogP contribution in [0.25, 0.3) is 28.1 Å². The summed E-state index contributed by atoms with van der Waals surface area (Å²) in [4.78, 5) is 39.0. The van der Waals surface area contributed by atoms with Gasteiger partial charge in [0.1, 0.15) is 18.4 Å². The Hall–Kier alpha value is -4.82. The number of aliphatic hydroxyl groups excluding tert-OH is 1. The molecule has 3 N–H and O–H groups in total.